The summed E-state index contributed by atoms with van der Waals surface area (Å²) in [6.45, 7) is 2.52. The van der Waals surface area contributed by atoms with Gasteiger partial charge in [0.15, 0.2) is 4.32 Å². The number of hydrogen-bond acceptors (Lipinski definition) is 4. The molecule has 24 heavy (non-hydrogen) atoms. The van der Waals surface area contributed by atoms with E-state index in [0.717, 1.165) is 17.0 Å². The molecule has 0 aliphatic carbocycles. The second kappa shape index (κ2) is 7.38. The Hall–Kier alpha value is -1.82. The maximum atomic E-state index is 12.7. The van der Waals surface area contributed by atoms with Crippen molar-refractivity contribution < 1.29 is 9.53 Å². The third-order valence-electron chi connectivity index (χ3n) is 3.39. The van der Waals surface area contributed by atoms with E-state index in [1.54, 1.807) is 12.1 Å². The van der Waals surface area contributed by atoms with Gasteiger partial charge in [-0.1, -0.05) is 53.8 Å². The molecule has 0 bridgehead atoms. The minimum atomic E-state index is -0.144. The largest absolute Gasteiger partial charge is 0.494 e. The van der Waals surface area contributed by atoms with Crippen molar-refractivity contribution in [3.63, 3.8) is 0 Å². The minimum Gasteiger partial charge on any atom is -0.494 e. The summed E-state index contributed by atoms with van der Waals surface area (Å²) in [4.78, 5) is 14.8. The monoisotopic (exact) mass is 375 g/mol. The number of carbonyl (C=O) groups is 1. The number of amides is 1. The van der Waals surface area contributed by atoms with Gasteiger partial charge < -0.3 is 4.74 Å². The summed E-state index contributed by atoms with van der Waals surface area (Å²) in [6.07, 6.45) is 1.77. The van der Waals surface area contributed by atoms with Crippen LogP contribution in [0.5, 0.6) is 5.75 Å². The van der Waals surface area contributed by atoms with Crippen LogP contribution in [0.1, 0.15) is 12.5 Å². The number of nitrogens with zero attached hydrogens (tertiary/aromatic N) is 1. The molecule has 1 heterocycles. The molecule has 0 saturated carbocycles. The Bertz CT molecular complexity index is 818. The fourth-order valence-electron chi connectivity index (χ4n) is 2.28. The number of thiocarbonyl (C=S) groups is 1. The van der Waals surface area contributed by atoms with E-state index >= 15 is 0 Å². The smallest absolute Gasteiger partial charge is 0.270 e. The normalized spacial score (nSPS) is 16.1. The van der Waals surface area contributed by atoms with E-state index in [1.807, 2.05) is 49.4 Å². The van der Waals surface area contributed by atoms with E-state index in [4.69, 9.17) is 28.6 Å². The zero-order chi connectivity index (χ0) is 17.1. The minimum absolute atomic E-state index is 0.144. The van der Waals surface area contributed by atoms with E-state index in [-0.39, 0.29) is 5.91 Å². The molecule has 2 aromatic carbocycles. The molecule has 2 aromatic rings. The molecule has 1 aliphatic rings. The van der Waals surface area contributed by atoms with Crippen LogP contribution in [0.3, 0.4) is 0 Å². The zero-order valence-corrected chi connectivity index (χ0v) is 15.3. The first-order valence-electron chi connectivity index (χ1n) is 7.35. The van der Waals surface area contributed by atoms with Crippen molar-refractivity contribution in [3.05, 3.63) is 64.0 Å². The van der Waals surface area contributed by atoms with Crippen molar-refractivity contribution in [2.24, 2.45) is 0 Å². The number of carbonyl (C=O) groups excluding carboxylic acids is 1. The molecule has 3 rings (SSSR count). The Morgan fingerprint density at radius 3 is 2.58 bits per heavy atom. The highest BCUT2D eigenvalue weighted by Gasteiger charge is 2.33. The molecule has 6 heteroatoms. The lowest BCUT2D eigenvalue weighted by atomic mass is 10.2. The third-order valence-corrected chi connectivity index (χ3v) is 5.04. The molecule has 0 aromatic heterocycles. The fourth-order valence-corrected chi connectivity index (χ4v) is 3.76. The molecular formula is C18H14ClNO2S2. The summed E-state index contributed by atoms with van der Waals surface area (Å²) < 4.78 is 5.93. The van der Waals surface area contributed by atoms with E-state index in [0.29, 0.717) is 20.9 Å². The first-order valence-corrected chi connectivity index (χ1v) is 8.95. The van der Waals surface area contributed by atoms with Gasteiger partial charge in [0, 0.05) is 5.02 Å². The van der Waals surface area contributed by atoms with E-state index in [9.17, 15) is 4.79 Å². The first kappa shape index (κ1) is 17.0. The van der Waals surface area contributed by atoms with Gasteiger partial charge in [0.05, 0.1) is 17.2 Å². The van der Waals surface area contributed by atoms with Gasteiger partial charge in [0.1, 0.15) is 5.75 Å². The van der Waals surface area contributed by atoms with Crippen LogP contribution in [0, 0.1) is 0 Å². The Labute approximate surface area is 155 Å². The van der Waals surface area contributed by atoms with Crippen LogP contribution in [-0.2, 0) is 4.79 Å². The van der Waals surface area contributed by atoms with Gasteiger partial charge in [-0.25, -0.2) is 0 Å². The fraction of sp³-hybridized carbons (Fsp3) is 0.111. The summed E-state index contributed by atoms with van der Waals surface area (Å²) in [6, 6.07) is 14.7. The molecule has 3 nitrogen and oxygen atoms in total. The zero-order valence-electron chi connectivity index (χ0n) is 12.9. The molecule has 0 unspecified atom stereocenters. The molecule has 1 aliphatic heterocycles. The molecule has 0 radical (unpaired) electrons. The Morgan fingerprint density at radius 2 is 1.92 bits per heavy atom. The quantitative estimate of drug-likeness (QED) is 0.546. The Balaban J connectivity index is 1.88. The molecule has 0 spiro atoms. The number of benzene rings is 2. The predicted octanol–water partition coefficient (Wildman–Crippen LogP) is 5.14. The summed E-state index contributed by atoms with van der Waals surface area (Å²) in [5, 5.41) is 0.601. The average Bonchev–Trinajstić information content (AvgIpc) is 2.85. The highest BCUT2D eigenvalue weighted by atomic mass is 35.5. The van der Waals surface area contributed by atoms with Crippen molar-refractivity contribution in [2.45, 2.75) is 6.92 Å². The second-order valence-electron chi connectivity index (χ2n) is 4.97. The molecule has 0 N–H and O–H groups in total. The van der Waals surface area contributed by atoms with Gasteiger partial charge >= 0.3 is 0 Å². The van der Waals surface area contributed by atoms with Crippen LogP contribution >= 0.6 is 35.6 Å². The highest BCUT2D eigenvalue weighted by molar-refractivity contribution is 8.27. The standard InChI is InChI=1S/C18H14ClNO2S2/c1-2-22-14-9-7-13(8-10-14)20-17(21)16(24-18(20)23)11-12-5-3-4-6-15(12)19/h3-11H,2H2,1H3/b16-11-. The molecule has 1 saturated heterocycles. The van der Waals surface area contributed by atoms with Gasteiger partial charge in [-0.05, 0) is 48.9 Å². The van der Waals surface area contributed by atoms with Gasteiger partial charge in [0.2, 0.25) is 0 Å². The lowest BCUT2D eigenvalue weighted by molar-refractivity contribution is -0.113. The van der Waals surface area contributed by atoms with Crippen LogP contribution in [0.25, 0.3) is 6.08 Å². The van der Waals surface area contributed by atoms with Crippen molar-refractivity contribution in [3.8, 4) is 5.75 Å². The average molecular weight is 376 g/mol. The molecule has 1 amide bonds. The van der Waals surface area contributed by atoms with Crippen molar-refractivity contribution in [1.29, 1.82) is 0 Å². The highest BCUT2D eigenvalue weighted by Crippen LogP contribution is 2.37. The van der Waals surface area contributed by atoms with Crippen molar-refractivity contribution >= 4 is 57.6 Å². The van der Waals surface area contributed by atoms with E-state index in [2.05, 4.69) is 0 Å². The maximum absolute atomic E-state index is 12.7. The van der Waals surface area contributed by atoms with Gasteiger partial charge in [-0.15, -0.1) is 0 Å². The predicted molar refractivity (Wildman–Crippen MR) is 105 cm³/mol. The van der Waals surface area contributed by atoms with Crippen LogP contribution in [0.15, 0.2) is 53.4 Å². The topological polar surface area (TPSA) is 29.5 Å². The number of halogens is 1. The summed E-state index contributed by atoms with van der Waals surface area (Å²) in [5.74, 6) is 0.618. The summed E-state index contributed by atoms with van der Waals surface area (Å²) in [7, 11) is 0. The molecule has 1 fully saturated rings. The SMILES string of the molecule is CCOc1ccc(N2C(=O)/C(=C/c3ccccc3Cl)SC2=S)cc1. The van der Waals surface area contributed by atoms with Crippen LogP contribution in [-0.4, -0.2) is 16.8 Å². The molecular weight excluding hydrogens is 362 g/mol. The first-order chi connectivity index (χ1) is 11.6. The van der Waals surface area contributed by atoms with Gasteiger partial charge in [-0.2, -0.15) is 0 Å². The van der Waals surface area contributed by atoms with E-state index < -0.39 is 0 Å². The number of rotatable bonds is 4. The number of thioether (sulfide) groups is 1. The summed E-state index contributed by atoms with van der Waals surface area (Å²) >= 11 is 12.8. The van der Waals surface area contributed by atoms with E-state index in [1.165, 1.54) is 16.7 Å². The Kier molecular flexibility index (Phi) is 5.23. The lowest BCUT2D eigenvalue weighted by Crippen LogP contribution is -2.27. The van der Waals surface area contributed by atoms with Gasteiger partial charge in [0.25, 0.3) is 5.91 Å². The van der Waals surface area contributed by atoms with Crippen LogP contribution in [0.2, 0.25) is 5.02 Å². The molecule has 122 valence electrons. The van der Waals surface area contributed by atoms with Gasteiger partial charge in [-0.3, -0.25) is 9.69 Å². The van der Waals surface area contributed by atoms with Crippen molar-refractivity contribution in [1.82, 2.24) is 0 Å². The van der Waals surface area contributed by atoms with Crippen LogP contribution in [0.4, 0.5) is 5.69 Å². The van der Waals surface area contributed by atoms with Crippen LogP contribution < -0.4 is 9.64 Å². The number of ether oxygens (including phenoxy) is 1. The second-order valence-corrected chi connectivity index (χ2v) is 7.05. The Morgan fingerprint density at radius 1 is 1.21 bits per heavy atom. The number of hydrogen-bond donors (Lipinski definition) is 0. The maximum Gasteiger partial charge on any atom is 0.270 e. The summed E-state index contributed by atoms with van der Waals surface area (Å²) in [5.41, 5.74) is 1.52. The third kappa shape index (κ3) is 3.48. The lowest BCUT2D eigenvalue weighted by Gasteiger charge is -2.15. The number of anilines is 1. The molecule has 0 atom stereocenters. The van der Waals surface area contributed by atoms with Crippen molar-refractivity contribution in [2.75, 3.05) is 11.5 Å².